The van der Waals surface area contributed by atoms with Crippen LogP contribution in [-0.2, 0) is 17.8 Å². The smallest absolute Gasteiger partial charge is 0.225 e. The van der Waals surface area contributed by atoms with Crippen LogP contribution in [0.3, 0.4) is 0 Å². The van der Waals surface area contributed by atoms with Gasteiger partial charge in [0.15, 0.2) is 0 Å². The number of aryl methyl sites for hydroxylation is 4. The van der Waals surface area contributed by atoms with Gasteiger partial charge in [-0.2, -0.15) is 0 Å². The minimum absolute atomic E-state index is 0.115. The van der Waals surface area contributed by atoms with Gasteiger partial charge in [-0.3, -0.25) is 4.79 Å². The second-order valence-electron chi connectivity index (χ2n) is 10.4. The number of rotatable bonds is 12. The highest BCUT2D eigenvalue weighted by Crippen LogP contribution is 2.26. The number of aromatic nitrogens is 2. The molecule has 1 aromatic heterocycles. The van der Waals surface area contributed by atoms with E-state index in [1.807, 2.05) is 52.8 Å². The van der Waals surface area contributed by atoms with Gasteiger partial charge in [0, 0.05) is 29.9 Å². The molecule has 6 heteroatoms. The van der Waals surface area contributed by atoms with Crippen LogP contribution in [0, 0.1) is 19.3 Å². The first kappa shape index (κ1) is 27.1. The highest BCUT2D eigenvalue weighted by atomic mass is 35.5. The van der Waals surface area contributed by atoms with Crippen LogP contribution in [0.15, 0.2) is 36.4 Å². The number of carbonyl (C=O) groups is 1. The molecule has 35 heavy (non-hydrogen) atoms. The highest BCUT2D eigenvalue weighted by molar-refractivity contribution is 6.32. The van der Waals surface area contributed by atoms with Gasteiger partial charge in [0.1, 0.15) is 11.6 Å². The molecule has 0 aliphatic heterocycles. The zero-order chi connectivity index (χ0) is 25.4. The zero-order valence-electron chi connectivity index (χ0n) is 21.9. The van der Waals surface area contributed by atoms with E-state index in [0.717, 1.165) is 84.9 Å². The van der Waals surface area contributed by atoms with Gasteiger partial charge in [0.2, 0.25) is 5.91 Å². The number of benzene rings is 2. The van der Waals surface area contributed by atoms with Gasteiger partial charge in [-0.25, -0.2) is 4.98 Å². The number of unbranched alkanes of at least 4 members (excludes halogenated alkanes) is 3. The second-order valence-corrected chi connectivity index (χ2v) is 10.8. The Hall–Kier alpha value is -2.53. The maximum absolute atomic E-state index is 12.0. The van der Waals surface area contributed by atoms with E-state index in [1.165, 1.54) is 5.52 Å². The Morgan fingerprint density at radius 2 is 1.74 bits per heavy atom. The third-order valence-corrected chi connectivity index (χ3v) is 6.83. The number of ether oxygens (including phenoxy) is 1. The fourth-order valence-electron chi connectivity index (χ4n) is 4.17. The fourth-order valence-corrected chi connectivity index (χ4v) is 4.28. The Kier molecular flexibility index (Phi) is 9.62. The third-order valence-electron chi connectivity index (χ3n) is 6.23. The standard InChI is InChI=1S/C29H40ClN3O2/c1-21-19-23(20-22(2)27(21)30)35-18-12-11-17-33-25-14-9-8-13-24(25)32-26(33)15-7-6-10-16-31-28(34)29(3,4)5/h8-9,13-14,19-20H,6-7,10-12,15-18H2,1-5H3,(H,31,34). The van der Waals surface area contributed by atoms with E-state index in [-0.39, 0.29) is 11.3 Å². The molecule has 0 bridgehead atoms. The first-order chi connectivity index (χ1) is 16.7. The van der Waals surface area contributed by atoms with Gasteiger partial charge in [-0.05, 0) is 74.9 Å². The van der Waals surface area contributed by atoms with Gasteiger partial charge in [0.05, 0.1) is 17.6 Å². The van der Waals surface area contributed by atoms with E-state index in [9.17, 15) is 4.79 Å². The number of para-hydroxylation sites is 2. The molecule has 1 heterocycles. The number of hydrogen-bond donors (Lipinski definition) is 1. The van der Waals surface area contributed by atoms with Gasteiger partial charge in [-0.15, -0.1) is 0 Å². The number of halogens is 1. The van der Waals surface area contributed by atoms with Crippen LogP contribution in [0.2, 0.25) is 5.02 Å². The van der Waals surface area contributed by atoms with Gasteiger partial charge in [0.25, 0.3) is 0 Å². The summed E-state index contributed by atoms with van der Waals surface area (Å²) in [5.74, 6) is 2.15. The molecule has 0 atom stereocenters. The van der Waals surface area contributed by atoms with E-state index < -0.39 is 0 Å². The summed E-state index contributed by atoms with van der Waals surface area (Å²) in [6.07, 6.45) is 6.07. The average molecular weight is 498 g/mol. The molecule has 3 rings (SSSR count). The van der Waals surface area contributed by atoms with Crippen LogP contribution < -0.4 is 10.1 Å². The van der Waals surface area contributed by atoms with E-state index >= 15 is 0 Å². The molecule has 5 nitrogen and oxygen atoms in total. The molecule has 0 saturated carbocycles. The Bertz CT molecular complexity index is 1110. The minimum atomic E-state index is -0.331. The van der Waals surface area contributed by atoms with E-state index in [2.05, 4.69) is 28.1 Å². The Balaban J connectivity index is 1.48. The quantitative estimate of drug-likeness (QED) is 0.273. The topological polar surface area (TPSA) is 56.1 Å². The SMILES string of the molecule is Cc1cc(OCCCCn2c(CCCCCNC(=O)C(C)(C)C)nc3ccccc32)cc(C)c1Cl. The number of hydrogen-bond acceptors (Lipinski definition) is 3. The summed E-state index contributed by atoms with van der Waals surface area (Å²) < 4.78 is 8.35. The lowest BCUT2D eigenvalue weighted by Crippen LogP contribution is -2.35. The number of amides is 1. The van der Waals surface area contributed by atoms with Crippen molar-refractivity contribution in [2.45, 2.75) is 79.7 Å². The molecule has 1 N–H and O–H groups in total. The maximum Gasteiger partial charge on any atom is 0.225 e. The largest absolute Gasteiger partial charge is 0.494 e. The summed E-state index contributed by atoms with van der Waals surface area (Å²) in [6, 6.07) is 12.4. The summed E-state index contributed by atoms with van der Waals surface area (Å²) in [6.45, 7) is 12.2. The van der Waals surface area contributed by atoms with E-state index in [1.54, 1.807) is 0 Å². The van der Waals surface area contributed by atoms with Crippen LogP contribution in [0.1, 0.15) is 69.8 Å². The summed E-state index contributed by atoms with van der Waals surface area (Å²) in [5, 5.41) is 3.85. The number of carbonyl (C=O) groups excluding carboxylic acids is 1. The van der Waals surface area contributed by atoms with Gasteiger partial charge < -0.3 is 14.6 Å². The van der Waals surface area contributed by atoms with Crippen molar-refractivity contribution in [3.8, 4) is 5.75 Å². The molecule has 0 unspecified atom stereocenters. The highest BCUT2D eigenvalue weighted by Gasteiger charge is 2.20. The molecule has 3 aromatic rings. The van der Waals surface area contributed by atoms with Crippen molar-refractivity contribution in [1.29, 1.82) is 0 Å². The molecule has 0 aliphatic carbocycles. The Morgan fingerprint density at radius 3 is 2.46 bits per heavy atom. The van der Waals surface area contributed by atoms with Crippen LogP contribution >= 0.6 is 11.6 Å². The molecule has 0 saturated heterocycles. The van der Waals surface area contributed by atoms with Crippen molar-refractivity contribution in [3.05, 3.63) is 58.4 Å². The number of nitrogens with zero attached hydrogens (tertiary/aromatic N) is 2. The monoisotopic (exact) mass is 497 g/mol. The minimum Gasteiger partial charge on any atom is -0.494 e. The van der Waals surface area contributed by atoms with E-state index in [0.29, 0.717) is 6.61 Å². The van der Waals surface area contributed by atoms with Crippen molar-refractivity contribution in [2.75, 3.05) is 13.2 Å². The first-order valence-corrected chi connectivity index (χ1v) is 13.2. The molecule has 0 aliphatic rings. The van der Waals surface area contributed by atoms with Gasteiger partial charge >= 0.3 is 0 Å². The van der Waals surface area contributed by atoms with Crippen molar-refractivity contribution in [3.63, 3.8) is 0 Å². The lowest BCUT2D eigenvalue weighted by atomic mass is 9.96. The third kappa shape index (κ3) is 7.73. The van der Waals surface area contributed by atoms with Crippen molar-refractivity contribution >= 4 is 28.5 Å². The summed E-state index contributed by atoms with van der Waals surface area (Å²) >= 11 is 6.26. The summed E-state index contributed by atoms with van der Waals surface area (Å²) in [7, 11) is 0. The lowest BCUT2D eigenvalue weighted by Gasteiger charge is -2.17. The fraction of sp³-hybridized carbons (Fsp3) is 0.517. The second kappa shape index (κ2) is 12.4. The molecule has 1 amide bonds. The molecule has 190 valence electrons. The predicted octanol–water partition coefficient (Wildman–Crippen LogP) is 7.04. The molecular weight excluding hydrogens is 458 g/mol. The Labute approximate surface area is 215 Å². The zero-order valence-corrected chi connectivity index (χ0v) is 22.7. The molecule has 0 spiro atoms. The lowest BCUT2D eigenvalue weighted by molar-refractivity contribution is -0.128. The maximum atomic E-state index is 12.0. The summed E-state index contributed by atoms with van der Waals surface area (Å²) in [4.78, 5) is 16.9. The van der Waals surface area contributed by atoms with Crippen molar-refractivity contribution < 1.29 is 9.53 Å². The predicted molar refractivity (Wildman–Crippen MR) is 145 cm³/mol. The first-order valence-electron chi connectivity index (χ1n) is 12.8. The van der Waals surface area contributed by atoms with Crippen molar-refractivity contribution in [1.82, 2.24) is 14.9 Å². The number of nitrogens with one attached hydrogen (secondary N) is 1. The molecular formula is C29H40ClN3O2. The number of fused-ring (bicyclic) bond motifs is 1. The normalized spacial score (nSPS) is 11.7. The van der Waals surface area contributed by atoms with Crippen LogP contribution in [0.4, 0.5) is 0 Å². The van der Waals surface area contributed by atoms with Crippen LogP contribution in [0.5, 0.6) is 5.75 Å². The number of imidazole rings is 1. The Morgan fingerprint density at radius 1 is 1.03 bits per heavy atom. The molecule has 0 radical (unpaired) electrons. The molecule has 2 aromatic carbocycles. The van der Waals surface area contributed by atoms with Crippen LogP contribution in [-0.4, -0.2) is 28.6 Å². The van der Waals surface area contributed by atoms with Gasteiger partial charge in [-0.1, -0.05) is 50.9 Å². The van der Waals surface area contributed by atoms with Crippen molar-refractivity contribution in [2.24, 2.45) is 5.41 Å². The molecule has 0 fully saturated rings. The summed E-state index contributed by atoms with van der Waals surface area (Å²) in [5.41, 5.74) is 4.02. The van der Waals surface area contributed by atoms with E-state index in [4.69, 9.17) is 21.3 Å². The van der Waals surface area contributed by atoms with Crippen LogP contribution in [0.25, 0.3) is 11.0 Å². The average Bonchev–Trinajstić information content (AvgIpc) is 3.16.